The first-order valence-electron chi connectivity index (χ1n) is 7.37. The number of carbonyl (C=O) groups is 1. The molecule has 2 rings (SSSR count). The number of nitro groups is 1. The van der Waals surface area contributed by atoms with E-state index in [9.17, 15) is 14.9 Å². The van der Waals surface area contributed by atoms with E-state index in [2.05, 4.69) is 0 Å². The van der Waals surface area contributed by atoms with Crippen LogP contribution in [0.2, 0.25) is 0 Å². The number of hydrogen-bond donors (Lipinski definition) is 0. The molecule has 0 spiro atoms. The molecule has 2 aromatic carbocycles. The van der Waals surface area contributed by atoms with E-state index in [1.807, 2.05) is 6.92 Å². The van der Waals surface area contributed by atoms with Crippen LogP contribution in [0.1, 0.15) is 17.3 Å². The van der Waals surface area contributed by atoms with Crippen LogP contribution < -0.4 is 9.47 Å². The molecule has 0 N–H and O–H groups in total. The van der Waals surface area contributed by atoms with Crippen molar-refractivity contribution in [2.24, 2.45) is 0 Å². The lowest BCUT2D eigenvalue weighted by Gasteiger charge is -2.08. The maximum absolute atomic E-state index is 11.8. The predicted octanol–water partition coefficient (Wildman–Crippen LogP) is 3.23. The summed E-state index contributed by atoms with van der Waals surface area (Å²) in [6.07, 6.45) is 0. The summed E-state index contributed by atoms with van der Waals surface area (Å²) in [5.41, 5.74) is 0.173. The van der Waals surface area contributed by atoms with E-state index in [4.69, 9.17) is 14.2 Å². The van der Waals surface area contributed by atoms with E-state index < -0.39 is 10.9 Å². The van der Waals surface area contributed by atoms with Crippen LogP contribution in [-0.2, 0) is 4.74 Å². The molecule has 24 heavy (non-hydrogen) atoms. The summed E-state index contributed by atoms with van der Waals surface area (Å²) in [6, 6.07) is 12.3. The molecule has 0 amide bonds. The Kier molecular flexibility index (Phi) is 6.13. The van der Waals surface area contributed by atoms with Gasteiger partial charge in [-0.15, -0.1) is 0 Å². The van der Waals surface area contributed by atoms with Crippen LogP contribution in [0.3, 0.4) is 0 Å². The number of nitrogens with zero attached hydrogens (tertiary/aromatic N) is 1. The zero-order valence-electron chi connectivity index (χ0n) is 13.1. The second-order valence-corrected chi connectivity index (χ2v) is 4.69. The molecule has 0 unspecified atom stereocenters. The van der Waals surface area contributed by atoms with Crippen molar-refractivity contribution in [1.29, 1.82) is 0 Å². The lowest BCUT2D eigenvalue weighted by Crippen LogP contribution is -2.12. The minimum Gasteiger partial charge on any atom is -0.494 e. The summed E-state index contributed by atoms with van der Waals surface area (Å²) in [4.78, 5) is 21.8. The first-order chi connectivity index (χ1) is 11.6. The fraction of sp³-hybridized carbons (Fsp3) is 0.235. The quantitative estimate of drug-likeness (QED) is 0.319. The molecule has 0 aliphatic heterocycles. The highest BCUT2D eigenvalue weighted by Gasteiger charge is 2.10. The topological polar surface area (TPSA) is 87.9 Å². The normalized spacial score (nSPS) is 10.0. The molecular weight excluding hydrogens is 314 g/mol. The molecule has 0 atom stereocenters. The van der Waals surface area contributed by atoms with Crippen LogP contribution in [0, 0.1) is 10.1 Å². The fourth-order valence-electron chi connectivity index (χ4n) is 1.90. The number of rotatable bonds is 8. The number of hydrogen-bond acceptors (Lipinski definition) is 6. The second kappa shape index (κ2) is 8.52. The van der Waals surface area contributed by atoms with Gasteiger partial charge in [-0.2, -0.15) is 0 Å². The molecule has 7 heteroatoms. The monoisotopic (exact) mass is 331 g/mol. The Hall–Kier alpha value is -3.09. The van der Waals surface area contributed by atoms with Crippen molar-refractivity contribution < 1.29 is 23.9 Å². The van der Waals surface area contributed by atoms with Gasteiger partial charge < -0.3 is 14.2 Å². The molecule has 0 radical (unpaired) electrons. The Bertz CT molecular complexity index is 681. The third-order valence-electron chi connectivity index (χ3n) is 3.03. The molecule has 126 valence electrons. The van der Waals surface area contributed by atoms with Gasteiger partial charge in [-0.1, -0.05) is 0 Å². The van der Waals surface area contributed by atoms with Crippen LogP contribution in [0.15, 0.2) is 48.5 Å². The van der Waals surface area contributed by atoms with Gasteiger partial charge in [-0.3, -0.25) is 10.1 Å². The minimum absolute atomic E-state index is 0.0725. The molecule has 0 fully saturated rings. The number of esters is 1. The number of nitro benzene ring substituents is 1. The lowest BCUT2D eigenvalue weighted by atomic mass is 10.2. The standard InChI is InChI=1S/C17H17NO6/c1-2-22-15-7-9-16(10-8-15)23-11-12-24-17(19)13-3-5-14(6-4-13)18(20)21/h3-10H,2,11-12H2,1H3. The summed E-state index contributed by atoms with van der Waals surface area (Å²) < 4.78 is 15.8. The van der Waals surface area contributed by atoms with Gasteiger partial charge in [0.1, 0.15) is 24.7 Å². The Morgan fingerprint density at radius 2 is 1.54 bits per heavy atom. The van der Waals surface area contributed by atoms with Crippen molar-refractivity contribution in [2.45, 2.75) is 6.92 Å². The summed E-state index contributed by atoms with van der Waals surface area (Å²) in [7, 11) is 0. The molecule has 0 aromatic heterocycles. The van der Waals surface area contributed by atoms with Crippen molar-refractivity contribution >= 4 is 11.7 Å². The van der Waals surface area contributed by atoms with Gasteiger partial charge in [-0.05, 0) is 43.3 Å². The van der Waals surface area contributed by atoms with Crippen molar-refractivity contribution in [3.05, 3.63) is 64.2 Å². The Morgan fingerprint density at radius 3 is 2.08 bits per heavy atom. The summed E-state index contributed by atoms with van der Waals surface area (Å²) in [5.74, 6) is 0.847. The van der Waals surface area contributed by atoms with E-state index in [0.717, 1.165) is 5.75 Å². The molecule has 0 bridgehead atoms. The molecule has 7 nitrogen and oxygen atoms in total. The van der Waals surface area contributed by atoms with Gasteiger partial charge in [0.05, 0.1) is 17.1 Å². The van der Waals surface area contributed by atoms with Crippen molar-refractivity contribution in [2.75, 3.05) is 19.8 Å². The van der Waals surface area contributed by atoms with E-state index in [-0.39, 0.29) is 24.5 Å². The van der Waals surface area contributed by atoms with Crippen LogP contribution in [0.5, 0.6) is 11.5 Å². The Morgan fingerprint density at radius 1 is 0.958 bits per heavy atom. The third-order valence-corrected chi connectivity index (χ3v) is 3.03. The van der Waals surface area contributed by atoms with Crippen LogP contribution in [-0.4, -0.2) is 30.7 Å². The molecule has 0 heterocycles. The van der Waals surface area contributed by atoms with Crippen LogP contribution in [0.25, 0.3) is 0 Å². The number of carbonyl (C=O) groups excluding carboxylic acids is 1. The second-order valence-electron chi connectivity index (χ2n) is 4.69. The molecule has 2 aromatic rings. The van der Waals surface area contributed by atoms with Gasteiger partial charge in [-0.25, -0.2) is 4.79 Å². The van der Waals surface area contributed by atoms with E-state index >= 15 is 0 Å². The van der Waals surface area contributed by atoms with Crippen molar-refractivity contribution in [1.82, 2.24) is 0 Å². The molecule has 0 aliphatic carbocycles. The summed E-state index contributed by atoms with van der Waals surface area (Å²) in [6.45, 7) is 2.78. The average molecular weight is 331 g/mol. The predicted molar refractivity (Wildman–Crippen MR) is 86.5 cm³/mol. The zero-order chi connectivity index (χ0) is 17.4. The third kappa shape index (κ3) is 4.98. The Labute approximate surface area is 138 Å². The van der Waals surface area contributed by atoms with Gasteiger partial charge in [0.15, 0.2) is 0 Å². The number of ether oxygens (including phenoxy) is 3. The van der Waals surface area contributed by atoms with Gasteiger partial charge in [0, 0.05) is 12.1 Å². The molecule has 0 saturated heterocycles. The first kappa shape index (κ1) is 17.3. The first-order valence-corrected chi connectivity index (χ1v) is 7.37. The zero-order valence-corrected chi connectivity index (χ0v) is 13.1. The van der Waals surface area contributed by atoms with Gasteiger partial charge in [0.2, 0.25) is 0 Å². The number of non-ortho nitro benzene ring substituents is 1. The van der Waals surface area contributed by atoms with Gasteiger partial charge in [0.25, 0.3) is 5.69 Å². The molecule has 0 aliphatic rings. The highest BCUT2D eigenvalue weighted by atomic mass is 16.6. The summed E-state index contributed by atoms with van der Waals surface area (Å²) in [5, 5.41) is 10.6. The highest BCUT2D eigenvalue weighted by Crippen LogP contribution is 2.17. The maximum Gasteiger partial charge on any atom is 0.338 e. The SMILES string of the molecule is CCOc1ccc(OCCOC(=O)c2ccc([N+](=O)[O-])cc2)cc1. The maximum atomic E-state index is 11.8. The summed E-state index contributed by atoms with van der Waals surface area (Å²) >= 11 is 0. The van der Waals surface area contributed by atoms with Gasteiger partial charge >= 0.3 is 5.97 Å². The molecule has 0 saturated carbocycles. The van der Waals surface area contributed by atoms with Crippen molar-refractivity contribution in [3.8, 4) is 11.5 Å². The highest BCUT2D eigenvalue weighted by molar-refractivity contribution is 5.89. The van der Waals surface area contributed by atoms with Crippen molar-refractivity contribution in [3.63, 3.8) is 0 Å². The van der Waals surface area contributed by atoms with E-state index in [1.165, 1.54) is 24.3 Å². The Balaban J connectivity index is 1.75. The van der Waals surface area contributed by atoms with Crippen LogP contribution in [0.4, 0.5) is 5.69 Å². The minimum atomic E-state index is -0.555. The lowest BCUT2D eigenvalue weighted by molar-refractivity contribution is -0.384. The van der Waals surface area contributed by atoms with Crippen LogP contribution >= 0.6 is 0 Å². The average Bonchev–Trinajstić information content (AvgIpc) is 2.60. The fourth-order valence-corrected chi connectivity index (χ4v) is 1.90. The van der Waals surface area contributed by atoms with E-state index in [0.29, 0.717) is 12.4 Å². The smallest absolute Gasteiger partial charge is 0.338 e. The largest absolute Gasteiger partial charge is 0.494 e. The number of benzene rings is 2. The van der Waals surface area contributed by atoms with E-state index in [1.54, 1.807) is 24.3 Å². The molecular formula is C17H17NO6.